The third kappa shape index (κ3) is 4.98. The van der Waals surface area contributed by atoms with Gasteiger partial charge in [0.05, 0.1) is 19.9 Å². The summed E-state index contributed by atoms with van der Waals surface area (Å²) in [5.74, 6) is 1.32. The molecule has 160 valence electrons. The van der Waals surface area contributed by atoms with Crippen LogP contribution in [0, 0.1) is 6.92 Å². The van der Waals surface area contributed by atoms with E-state index >= 15 is 0 Å². The maximum Gasteiger partial charge on any atom is 0.249 e. The van der Waals surface area contributed by atoms with Gasteiger partial charge in [-0.15, -0.1) is 0 Å². The van der Waals surface area contributed by atoms with Crippen molar-refractivity contribution in [1.29, 1.82) is 0 Å². The van der Waals surface area contributed by atoms with Gasteiger partial charge in [0.2, 0.25) is 11.8 Å². The van der Waals surface area contributed by atoms with Gasteiger partial charge in [-0.05, 0) is 37.1 Å². The summed E-state index contributed by atoms with van der Waals surface area (Å²) >= 11 is 0. The van der Waals surface area contributed by atoms with Crippen molar-refractivity contribution in [3.63, 3.8) is 0 Å². The lowest BCUT2D eigenvalue weighted by molar-refractivity contribution is -0.125. The van der Waals surface area contributed by atoms with Crippen LogP contribution in [0.2, 0.25) is 0 Å². The SMILES string of the molecule is CCC1CC(=O)NC(n2nc(C)cc2NC(=O)/C=C/c2ccc(OC)c(OC)c2)N1. The monoisotopic (exact) mass is 413 g/mol. The molecule has 0 bridgehead atoms. The van der Waals surface area contributed by atoms with Crippen molar-refractivity contribution in [1.82, 2.24) is 20.4 Å². The number of nitrogens with one attached hydrogen (secondary N) is 3. The molecular weight excluding hydrogens is 386 g/mol. The van der Waals surface area contributed by atoms with Crippen molar-refractivity contribution >= 4 is 23.7 Å². The van der Waals surface area contributed by atoms with E-state index in [0.29, 0.717) is 23.7 Å². The second kappa shape index (κ2) is 9.45. The lowest BCUT2D eigenvalue weighted by atomic mass is 10.1. The number of aromatic nitrogens is 2. The van der Waals surface area contributed by atoms with Crippen molar-refractivity contribution in [3.05, 3.63) is 41.6 Å². The molecule has 1 aliphatic heterocycles. The van der Waals surface area contributed by atoms with Crippen molar-refractivity contribution in [2.45, 2.75) is 39.0 Å². The molecule has 2 atom stereocenters. The van der Waals surface area contributed by atoms with Gasteiger partial charge < -0.3 is 20.1 Å². The van der Waals surface area contributed by atoms with Gasteiger partial charge in [0, 0.05) is 24.6 Å². The molecule has 3 rings (SSSR count). The molecule has 30 heavy (non-hydrogen) atoms. The molecule has 1 aromatic heterocycles. The fourth-order valence-corrected chi connectivity index (χ4v) is 3.26. The summed E-state index contributed by atoms with van der Waals surface area (Å²) in [5, 5.41) is 13.4. The number of ether oxygens (including phenoxy) is 2. The van der Waals surface area contributed by atoms with Crippen molar-refractivity contribution in [2.75, 3.05) is 19.5 Å². The first kappa shape index (κ1) is 21.4. The summed E-state index contributed by atoms with van der Waals surface area (Å²) in [6.07, 6.45) is 3.83. The smallest absolute Gasteiger partial charge is 0.249 e. The summed E-state index contributed by atoms with van der Waals surface area (Å²) in [6, 6.07) is 7.19. The topological polar surface area (TPSA) is 107 Å². The third-order valence-electron chi connectivity index (χ3n) is 4.80. The number of benzene rings is 1. The largest absolute Gasteiger partial charge is 0.493 e. The molecule has 0 saturated carbocycles. The summed E-state index contributed by atoms with van der Waals surface area (Å²) in [7, 11) is 3.13. The van der Waals surface area contributed by atoms with Gasteiger partial charge in [0.25, 0.3) is 0 Å². The van der Waals surface area contributed by atoms with Crippen LogP contribution < -0.4 is 25.4 Å². The molecule has 9 nitrogen and oxygen atoms in total. The number of carbonyl (C=O) groups is 2. The van der Waals surface area contributed by atoms with Crippen LogP contribution in [0.5, 0.6) is 11.5 Å². The average Bonchev–Trinajstić information content (AvgIpc) is 3.11. The first-order chi connectivity index (χ1) is 14.4. The molecule has 1 fully saturated rings. The van der Waals surface area contributed by atoms with Crippen LogP contribution in [0.25, 0.3) is 6.08 Å². The molecule has 0 spiro atoms. The number of nitrogens with zero attached hydrogens (tertiary/aromatic N) is 2. The van der Waals surface area contributed by atoms with Crippen LogP contribution in [0.15, 0.2) is 30.3 Å². The van der Waals surface area contributed by atoms with Gasteiger partial charge in [0.1, 0.15) is 5.82 Å². The van der Waals surface area contributed by atoms with Crippen LogP contribution in [0.1, 0.15) is 37.3 Å². The van der Waals surface area contributed by atoms with E-state index in [-0.39, 0.29) is 17.9 Å². The van der Waals surface area contributed by atoms with E-state index in [0.717, 1.165) is 17.7 Å². The Morgan fingerprint density at radius 2 is 2.07 bits per heavy atom. The average molecular weight is 413 g/mol. The molecule has 1 aromatic carbocycles. The Morgan fingerprint density at radius 3 is 2.77 bits per heavy atom. The summed E-state index contributed by atoms with van der Waals surface area (Å²) < 4.78 is 12.1. The Morgan fingerprint density at radius 1 is 1.30 bits per heavy atom. The molecular formula is C21H27N5O4. The summed E-state index contributed by atoms with van der Waals surface area (Å²) in [5.41, 5.74) is 1.52. The van der Waals surface area contributed by atoms with E-state index in [1.807, 2.05) is 19.9 Å². The first-order valence-corrected chi connectivity index (χ1v) is 9.76. The zero-order chi connectivity index (χ0) is 21.7. The molecule has 2 amide bonds. The predicted octanol–water partition coefficient (Wildman–Crippen LogP) is 2.20. The van der Waals surface area contributed by atoms with Gasteiger partial charge in [-0.3, -0.25) is 14.9 Å². The van der Waals surface area contributed by atoms with Crippen LogP contribution in [0.4, 0.5) is 5.82 Å². The molecule has 3 N–H and O–H groups in total. The highest BCUT2D eigenvalue weighted by atomic mass is 16.5. The normalized spacial score (nSPS) is 18.9. The van der Waals surface area contributed by atoms with Gasteiger partial charge in [-0.1, -0.05) is 13.0 Å². The highest BCUT2D eigenvalue weighted by molar-refractivity contribution is 6.01. The van der Waals surface area contributed by atoms with Crippen molar-refractivity contribution in [3.8, 4) is 11.5 Å². The molecule has 0 radical (unpaired) electrons. The summed E-state index contributed by atoms with van der Waals surface area (Å²) in [4.78, 5) is 24.5. The minimum atomic E-state index is -0.518. The van der Waals surface area contributed by atoms with Crippen LogP contribution in [-0.4, -0.2) is 41.9 Å². The van der Waals surface area contributed by atoms with E-state index in [1.165, 1.54) is 6.08 Å². The molecule has 2 heterocycles. The van der Waals surface area contributed by atoms with Crippen molar-refractivity contribution < 1.29 is 19.1 Å². The lowest BCUT2D eigenvalue weighted by Gasteiger charge is -2.31. The van der Waals surface area contributed by atoms with Crippen LogP contribution in [0.3, 0.4) is 0 Å². The molecule has 1 aliphatic rings. The Kier molecular flexibility index (Phi) is 6.73. The zero-order valence-corrected chi connectivity index (χ0v) is 17.6. The second-order valence-corrected chi connectivity index (χ2v) is 7.00. The minimum Gasteiger partial charge on any atom is -0.493 e. The molecule has 1 saturated heterocycles. The summed E-state index contributed by atoms with van der Waals surface area (Å²) in [6.45, 7) is 3.84. The van der Waals surface area contributed by atoms with Crippen molar-refractivity contribution in [2.24, 2.45) is 0 Å². The Hall–Kier alpha value is -3.33. The number of hydrogen-bond acceptors (Lipinski definition) is 6. The maximum atomic E-state index is 12.5. The molecule has 0 aliphatic carbocycles. The van der Waals surface area contributed by atoms with E-state index in [1.54, 1.807) is 43.2 Å². The predicted molar refractivity (Wildman–Crippen MR) is 113 cm³/mol. The number of anilines is 1. The maximum absolute atomic E-state index is 12.5. The third-order valence-corrected chi connectivity index (χ3v) is 4.80. The highest BCUT2D eigenvalue weighted by Gasteiger charge is 2.27. The number of amides is 2. The van der Waals surface area contributed by atoms with E-state index in [9.17, 15) is 9.59 Å². The molecule has 2 unspecified atom stereocenters. The molecule has 9 heteroatoms. The van der Waals surface area contributed by atoms with Gasteiger partial charge in [-0.2, -0.15) is 5.10 Å². The van der Waals surface area contributed by atoms with Crippen LogP contribution >= 0.6 is 0 Å². The fraction of sp³-hybridized carbons (Fsp3) is 0.381. The van der Waals surface area contributed by atoms with E-state index in [4.69, 9.17) is 9.47 Å². The second-order valence-electron chi connectivity index (χ2n) is 7.00. The number of aryl methyl sites for hydroxylation is 1. The molecule has 2 aromatic rings. The Labute approximate surface area is 175 Å². The number of rotatable bonds is 7. The standard InChI is InChI=1S/C21H27N5O4/c1-5-15-12-20(28)24-21(22-15)26-18(10-13(2)25-26)23-19(27)9-7-14-6-8-16(29-3)17(11-14)30-4/h6-11,15,21-22H,5,12H2,1-4H3,(H,23,27)(H,24,28)/b9-7+. The zero-order valence-electron chi connectivity index (χ0n) is 17.6. The quantitative estimate of drug-likeness (QED) is 0.601. The lowest BCUT2D eigenvalue weighted by Crippen LogP contribution is -2.53. The van der Waals surface area contributed by atoms with E-state index in [2.05, 4.69) is 21.0 Å². The number of hydrogen-bond donors (Lipinski definition) is 3. The van der Waals surface area contributed by atoms with Gasteiger partial charge in [-0.25, -0.2) is 4.68 Å². The van der Waals surface area contributed by atoms with E-state index < -0.39 is 6.29 Å². The first-order valence-electron chi connectivity index (χ1n) is 9.76. The van der Waals surface area contributed by atoms with Gasteiger partial charge in [0.15, 0.2) is 17.8 Å². The Balaban J connectivity index is 1.73. The number of methoxy groups -OCH3 is 2. The Bertz CT molecular complexity index is 953. The fourth-order valence-electron chi connectivity index (χ4n) is 3.26. The number of carbonyl (C=O) groups excluding carboxylic acids is 2. The highest BCUT2D eigenvalue weighted by Crippen LogP contribution is 2.28. The minimum absolute atomic E-state index is 0.0515. The van der Waals surface area contributed by atoms with Gasteiger partial charge >= 0.3 is 0 Å². The van der Waals surface area contributed by atoms with Crippen LogP contribution in [-0.2, 0) is 9.59 Å².